The number of hydrogen-bond donors (Lipinski definition) is 2. The fourth-order valence-electron chi connectivity index (χ4n) is 4.27. The first-order chi connectivity index (χ1) is 15.0. The average molecular weight is 414 g/mol. The Morgan fingerprint density at radius 3 is 2.87 bits per heavy atom. The van der Waals surface area contributed by atoms with Crippen LogP contribution in [0.1, 0.15) is 41.0 Å². The second-order valence-corrected chi connectivity index (χ2v) is 7.91. The topological polar surface area (TPSA) is 83.6 Å². The monoisotopic (exact) mass is 414 g/mol. The van der Waals surface area contributed by atoms with Crippen molar-refractivity contribution in [3.63, 3.8) is 0 Å². The van der Waals surface area contributed by atoms with Crippen LogP contribution in [-0.2, 0) is 6.54 Å². The van der Waals surface area contributed by atoms with Crippen molar-refractivity contribution in [2.75, 3.05) is 4.90 Å². The minimum Gasteiger partial charge on any atom is -0.467 e. The molecule has 2 aliphatic rings. The molecule has 2 atom stereocenters. The van der Waals surface area contributed by atoms with E-state index in [-0.39, 0.29) is 18.0 Å². The molecule has 1 fully saturated rings. The van der Waals surface area contributed by atoms with Gasteiger partial charge < -0.3 is 15.4 Å². The number of anilines is 1. The van der Waals surface area contributed by atoms with E-state index in [9.17, 15) is 9.59 Å². The van der Waals surface area contributed by atoms with E-state index >= 15 is 0 Å². The van der Waals surface area contributed by atoms with Crippen molar-refractivity contribution >= 4 is 17.6 Å². The van der Waals surface area contributed by atoms with Crippen LogP contribution in [0.3, 0.4) is 0 Å². The summed E-state index contributed by atoms with van der Waals surface area (Å²) in [5.74, 6) is 0.526. The lowest BCUT2D eigenvalue weighted by Gasteiger charge is -2.50. The molecule has 3 amide bonds. The maximum absolute atomic E-state index is 13.0. The lowest BCUT2D eigenvalue weighted by Crippen LogP contribution is -2.65. The minimum atomic E-state index is -0.857. The number of nitrogens with zero attached hydrogens (tertiary/aromatic N) is 2. The van der Waals surface area contributed by atoms with Crippen LogP contribution in [0, 0.1) is 0 Å². The molecule has 7 heteroatoms. The van der Waals surface area contributed by atoms with Gasteiger partial charge in [0.05, 0.1) is 24.0 Å². The molecule has 156 valence electrons. The van der Waals surface area contributed by atoms with Crippen LogP contribution in [-0.4, -0.2) is 22.6 Å². The van der Waals surface area contributed by atoms with E-state index < -0.39 is 5.72 Å². The van der Waals surface area contributed by atoms with Gasteiger partial charge in [0.2, 0.25) is 0 Å². The molecule has 2 N–H and O–H groups in total. The SMILES string of the molecule is C[C@@]12C[C@@H](NC(=O)N1c1cccc(C(=O)NCc3ccccn3)c1)c1ccccc1O2. The number of carbonyl (C=O) groups excluding carboxylic acids is 2. The van der Waals surface area contributed by atoms with E-state index in [1.807, 2.05) is 55.5 Å². The van der Waals surface area contributed by atoms with Gasteiger partial charge in [-0.3, -0.25) is 14.7 Å². The van der Waals surface area contributed by atoms with Crippen LogP contribution in [0.2, 0.25) is 0 Å². The third kappa shape index (κ3) is 3.48. The molecule has 0 radical (unpaired) electrons. The normalized spacial score (nSPS) is 21.5. The maximum atomic E-state index is 13.0. The Balaban J connectivity index is 1.40. The summed E-state index contributed by atoms with van der Waals surface area (Å²) in [5, 5.41) is 5.94. The van der Waals surface area contributed by atoms with E-state index in [0.717, 1.165) is 17.0 Å². The zero-order valence-electron chi connectivity index (χ0n) is 17.0. The van der Waals surface area contributed by atoms with E-state index in [2.05, 4.69) is 15.6 Å². The number of carbonyl (C=O) groups is 2. The number of rotatable bonds is 4. The number of aromatic nitrogens is 1. The molecule has 2 aromatic carbocycles. The molecule has 3 aromatic rings. The Morgan fingerprint density at radius 1 is 1.19 bits per heavy atom. The van der Waals surface area contributed by atoms with E-state index in [4.69, 9.17) is 4.74 Å². The molecule has 1 saturated heterocycles. The zero-order valence-corrected chi connectivity index (χ0v) is 17.0. The lowest BCUT2D eigenvalue weighted by atomic mass is 9.90. The van der Waals surface area contributed by atoms with Gasteiger partial charge in [0, 0.05) is 23.7 Å². The molecule has 0 spiro atoms. The Morgan fingerprint density at radius 2 is 2.03 bits per heavy atom. The van der Waals surface area contributed by atoms with Crippen molar-refractivity contribution in [3.05, 3.63) is 89.7 Å². The predicted molar refractivity (Wildman–Crippen MR) is 116 cm³/mol. The largest absolute Gasteiger partial charge is 0.467 e. The molecule has 5 rings (SSSR count). The van der Waals surface area contributed by atoms with E-state index in [1.165, 1.54) is 0 Å². The van der Waals surface area contributed by atoms with Gasteiger partial charge in [-0.1, -0.05) is 30.3 Å². The number of hydrogen-bond acceptors (Lipinski definition) is 4. The highest BCUT2D eigenvalue weighted by atomic mass is 16.5. The molecule has 0 unspecified atom stereocenters. The highest BCUT2D eigenvalue weighted by molar-refractivity contribution is 5.98. The van der Waals surface area contributed by atoms with Crippen LogP contribution >= 0.6 is 0 Å². The number of nitrogens with one attached hydrogen (secondary N) is 2. The summed E-state index contributed by atoms with van der Waals surface area (Å²) < 4.78 is 6.29. The van der Waals surface area contributed by atoms with Crippen molar-refractivity contribution < 1.29 is 14.3 Å². The van der Waals surface area contributed by atoms with Crippen LogP contribution in [0.15, 0.2) is 72.9 Å². The van der Waals surface area contributed by atoms with Crippen molar-refractivity contribution in [1.82, 2.24) is 15.6 Å². The predicted octanol–water partition coefficient (Wildman–Crippen LogP) is 3.78. The molecule has 2 aliphatic heterocycles. The number of urea groups is 1. The Kier molecular flexibility index (Phi) is 4.58. The van der Waals surface area contributed by atoms with Crippen LogP contribution < -0.4 is 20.3 Å². The fraction of sp³-hybridized carbons (Fsp3) is 0.208. The number of para-hydroxylation sites is 1. The first-order valence-corrected chi connectivity index (χ1v) is 10.2. The molecule has 1 aromatic heterocycles. The Labute approximate surface area is 180 Å². The fourth-order valence-corrected chi connectivity index (χ4v) is 4.27. The highest BCUT2D eigenvalue weighted by Gasteiger charge is 2.49. The van der Waals surface area contributed by atoms with Gasteiger partial charge in [0.15, 0.2) is 5.72 Å². The summed E-state index contributed by atoms with van der Waals surface area (Å²) in [6.45, 7) is 2.23. The summed E-state index contributed by atoms with van der Waals surface area (Å²) in [4.78, 5) is 31.6. The van der Waals surface area contributed by atoms with Crippen LogP contribution in [0.4, 0.5) is 10.5 Å². The Hall–Kier alpha value is -3.87. The first-order valence-electron chi connectivity index (χ1n) is 10.2. The van der Waals surface area contributed by atoms with Gasteiger partial charge in [-0.05, 0) is 43.3 Å². The Bertz CT molecular complexity index is 1150. The minimum absolute atomic E-state index is 0.108. The van der Waals surface area contributed by atoms with Crippen molar-refractivity contribution in [1.29, 1.82) is 0 Å². The molecule has 0 aliphatic carbocycles. The third-order valence-electron chi connectivity index (χ3n) is 5.70. The van der Waals surface area contributed by atoms with Gasteiger partial charge in [0.25, 0.3) is 5.91 Å². The summed E-state index contributed by atoms with van der Waals surface area (Å²) in [7, 11) is 0. The number of fused-ring (bicyclic) bond motifs is 4. The van der Waals surface area contributed by atoms with E-state index in [1.54, 1.807) is 29.3 Å². The van der Waals surface area contributed by atoms with Crippen LogP contribution in [0.25, 0.3) is 0 Å². The highest BCUT2D eigenvalue weighted by Crippen LogP contribution is 2.45. The molecule has 3 heterocycles. The third-order valence-corrected chi connectivity index (χ3v) is 5.70. The van der Waals surface area contributed by atoms with Crippen molar-refractivity contribution in [2.24, 2.45) is 0 Å². The first kappa shape index (κ1) is 19.1. The average Bonchev–Trinajstić information content (AvgIpc) is 2.78. The molecule has 0 saturated carbocycles. The number of pyridine rings is 1. The number of benzene rings is 2. The number of ether oxygens (including phenoxy) is 1. The van der Waals surface area contributed by atoms with Gasteiger partial charge in [0.1, 0.15) is 5.75 Å². The van der Waals surface area contributed by atoms with Gasteiger partial charge in [-0.15, -0.1) is 0 Å². The molecule has 31 heavy (non-hydrogen) atoms. The lowest BCUT2D eigenvalue weighted by molar-refractivity contribution is 0.0378. The molecular formula is C24H22N4O3. The molecule has 2 bridgehead atoms. The zero-order chi connectivity index (χ0) is 21.4. The van der Waals surface area contributed by atoms with Gasteiger partial charge in [-0.2, -0.15) is 0 Å². The van der Waals surface area contributed by atoms with Gasteiger partial charge >= 0.3 is 6.03 Å². The number of amides is 3. The maximum Gasteiger partial charge on any atom is 0.325 e. The quantitative estimate of drug-likeness (QED) is 0.681. The summed E-state index contributed by atoms with van der Waals surface area (Å²) >= 11 is 0. The second kappa shape index (κ2) is 7.43. The van der Waals surface area contributed by atoms with E-state index in [0.29, 0.717) is 24.2 Å². The van der Waals surface area contributed by atoms with Gasteiger partial charge in [-0.25, -0.2) is 4.79 Å². The summed E-state index contributed by atoms with van der Waals surface area (Å²) in [6, 6.07) is 20.0. The standard InChI is InChI=1S/C24H22N4O3/c1-24-14-20(19-10-2-3-11-21(19)31-24)27-23(30)28(24)18-9-6-7-16(13-18)22(29)26-15-17-8-4-5-12-25-17/h2-13,20H,14-15H2,1H3,(H,26,29)(H,27,30)/t20-,24-/m1/s1. The smallest absolute Gasteiger partial charge is 0.325 e. The summed E-state index contributed by atoms with van der Waals surface area (Å²) in [6.07, 6.45) is 2.29. The van der Waals surface area contributed by atoms with Crippen LogP contribution in [0.5, 0.6) is 5.75 Å². The summed E-state index contributed by atoms with van der Waals surface area (Å²) in [5.41, 5.74) is 1.96. The molecule has 7 nitrogen and oxygen atoms in total. The second-order valence-electron chi connectivity index (χ2n) is 7.91. The molecular weight excluding hydrogens is 392 g/mol. The van der Waals surface area contributed by atoms with Crippen molar-refractivity contribution in [3.8, 4) is 5.75 Å². The van der Waals surface area contributed by atoms with Crippen molar-refractivity contribution in [2.45, 2.75) is 31.7 Å².